The number of esters is 1. The smallest absolute Gasteiger partial charge is 0.379 e. The Morgan fingerprint density at radius 3 is 2.59 bits per heavy atom. The number of hydrogen-bond donors (Lipinski definition) is 0. The van der Waals surface area contributed by atoms with Crippen LogP contribution in [-0.2, 0) is 14.3 Å². The third-order valence-electron chi connectivity index (χ3n) is 2.32. The van der Waals surface area contributed by atoms with Crippen molar-refractivity contribution in [2.24, 2.45) is 0 Å². The van der Waals surface area contributed by atoms with Gasteiger partial charge in [-0.15, -0.1) is 0 Å². The predicted octanol–water partition coefficient (Wildman–Crippen LogP) is 2.45. The minimum Gasteiger partial charge on any atom is -0.460 e. The summed E-state index contributed by atoms with van der Waals surface area (Å²) >= 11 is 0. The maximum atomic E-state index is 11.3. The van der Waals surface area contributed by atoms with E-state index in [1.165, 1.54) is 6.08 Å². The van der Waals surface area contributed by atoms with Crippen molar-refractivity contribution in [2.75, 3.05) is 6.61 Å². The molecule has 1 aromatic carbocycles. The lowest BCUT2D eigenvalue weighted by molar-refractivity contribution is -0.151. The van der Waals surface area contributed by atoms with Crippen LogP contribution in [0.1, 0.15) is 23.6 Å². The lowest BCUT2D eigenvalue weighted by atomic mass is 10.1. The van der Waals surface area contributed by atoms with E-state index in [2.05, 4.69) is 4.74 Å². The van der Waals surface area contributed by atoms with E-state index in [0.717, 1.165) is 16.7 Å². The minimum absolute atomic E-state index is 0.210. The molecule has 0 aromatic heterocycles. The molecule has 0 radical (unpaired) electrons. The van der Waals surface area contributed by atoms with E-state index in [4.69, 9.17) is 0 Å². The Balaban J connectivity index is 2.77. The van der Waals surface area contributed by atoms with Gasteiger partial charge in [0.2, 0.25) is 0 Å². The highest BCUT2D eigenvalue weighted by molar-refractivity contribution is 6.39. The van der Waals surface area contributed by atoms with Crippen molar-refractivity contribution in [3.05, 3.63) is 41.0 Å². The second-order valence-electron chi connectivity index (χ2n) is 3.78. The summed E-state index contributed by atoms with van der Waals surface area (Å²) in [7, 11) is 0. The van der Waals surface area contributed by atoms with Crippen LogP contribution in [0.25, 0.3) is 6.08 Å². The second kappa shape index (κ2) is 5.99. The highest BCUT2D eigenvalue weighted by Gasteiger charge is 2.10. The van der Waals surface area contributed by atoms with Crippen LogP contribution in [0.5, 0.6) is 0 Å². The number of ether oxygens (including phenoxy) is 1. The molecule has 0 aliphatic rings. The zero-order valence-corrected chi connectivity index (χ0v) is 10.3. The first kappa shape index (κ1) is 13.2. The van der Waals surface area contributed by atoms with Gasteiger partial charge in [-0.2, -0.15) is 0 Å². The predicted molar refractivity (Wildman–Crippen MR) is 66.6 cm³/mol. The third kappa shape index (κ3) is 3.87. The first-order valence-corrected chi connectivity index (χ1v) is 5.51. The minimum atomic E-state index is -0.812. The largest absolute Gasteiger partial charge is 0.460 e. The van der Waals surface area contributed by atoms with Gasteiger partial charge in [-0.25, -0.2) is 4.79 Å². The van der Waals surface area contributed by atoms with Crippen molar-refractivity contribution in [2.45, 2.75) is 20.8 Å². The number of carbonyl (C=O) groups is 2. The molecule has 0 amide bonds. The van der Waals surface area contributed by atoms with E-state index in [-0.39, 0.29) is 6.61 Å². The van der Waals surface area contributed by atoms with Crippen LogP contribution in [0.2, 0.25) is 0 Å². The lowest BCUT2D eigenvalue weighted by Crippen LogP contribution is -2.14. The molecule has 3 nitrogen and oxygen atoms in total. The van der Waals surface area contributed by atoms with E-state index in [0.29, 0.717) is 0 Å². The molecule has 0 N–H and O–H groups in total. The Labute approximate surface area is 101 Å². The first-order valence-electron chi connectivity index (χ1n) is 5.51. The standard InChI is InChI=1S/C14H16O3/c1-4-17-14(16)13(15)8-7-12-6-5-10(2)9-11(12)3/h5-9H,4H2,1-3H3/b8-7+. The molecule has 0 saturated carbocycles. The van der Waals surface area contributed by atoms with Gasteiger partial charge in [-0.3, -0.25) is 4.79 Å². The Morgan fingerprint density at radius 1 is 1.29 bits per heavy atom. The monoisotopic (exact) mass is 232 g/mol. The van der Waals surface area contributed by atoms with Gasteiger partial charge in [-0.1, -0.05) is 29.8 Å². The molecule has 17 heavy (non-hydrogen) atoms. The second-order valence-corrected chi connectivity index (χ2v) is 3.78. The van der Waals surface area contributed by atoms with Crippen molar-refractivity contribution in [1.29, 1.82) is 0 Å². The summed E-state index contributed by atoms with van der Waals surface area (Å²) in [6, 6.07) is 5.90. The number of ketones is 1. The van der Waals surface area contributed by atoms with Crippen LogP contribution >= 0.6 is 0 Å². The van der Waals surface area contributed by atoms with Crippen LogP contribution < -0.4 is 0 Å². The zero-order chi connectivity index (χ0) is 12.8. The average Bonchev–Trinajstić information content (AvgIpc) is 2.27. The molecule has 3 heteroatoms. The lowest BCUT2D eigenvalue weighted by Gasteiger charge is -2.01. The summed E-state index contributed by atoms with van der Waals surface area (Å²) in [6.45, 7) is 5.84. The van der Waals surface area contributed by atoms with E-state index >= 15 is 0 Å². The molecule has 90 valence electrons. The summed E-state index contributed by atoms with van der Waals surface area (Å²) in [4.78, 5) is 22.4. The van der Waals surface area contributed by atoms with Crippen molar-refractivity contribution in [3.63, 3.8) is 0 Å². The third-order valence-corrected chi connectivity index (χ3v) is 2.32. The molecule has 0 aliphatic carbocycles. The number of rotatable bonds is 4. The fourth-order valence-electron chi connectivity index (χ4n) is 1.45. The quantitative estimate of drug-likeness (QED) is 0.455. The fraction of sp³-hybridized carbons (Fsp3) is 0.286. The molecule has 0 saturated heterocycles. The molecule has 0 unspecified atom stereocenters. The SMILES string of the molecule is CCOC(=O)C(=O)/C=C/c1ccc(C)cc1C. The maximum absolute atomic E-state index is 11.3. The van der Waals surface area contributed by atoms with E-state index < -0.39 is 11.8 Å². The summed E-state index contributed by atoms with van der Waals surface area (Å²) in [6.07, 6.45) is 2.88. The first-order chi connectivity index (χ1) is 8.04. The molecule has 0 spiro atoms. The molecule has 0 atom stereocenters. The number of hydrogen-bond acceptors (Lipinski definition) is 3. The molecule has 0 bridgehead atoms. The summed E-state index contributed by atoms with van der Waals surface area (Å²) in [5.74, 6) is -1.44. The normalized spacial score (nSPS) is 10.5. The topological polar surface area (TPSA) is 43.4 Å². The van der Waals surface area contributed by atoms with Gasteiger partial charge >= 0.3 is 5.97 Å². The van der Waals surface area contributed by atoms with Gasteiger partial charge in [0, 0.05) is 0 Å². The van der Waals surface area contributed by atoms with Gasteiger partial charge in [0.05, 0.1) is 6.61 Å². The zero-order valence-electron chi connectivity index (χ0n) is 10.3. The molecule has 1 rings (SSSR count). The van der Waals surface area contributed by atoms with Crippen LogP contribution in [0.15, 0.2) is 24.3 Å². The Hall–Kier alpha value is -1.90. The Kier molecular flexibility index (Phi) is 4.64. The number of benzene rings is 1. The fourth-order valence-corrected chi connectivity index (χ4v) is 1.45. The maximum Gasteiger partial charge on any atom is 0.379 e. The number of aryl methyl sites for hydroxylation is 2. The molecular formula is C14H16O3. The van der Waals surface area contributed by atoms with E-state index in [1.807, 2.05) is 32.0 Å². The molecule has 0 fully saturated rings. The van der Waals surface area contributed by atoms with Gasteiger partial charge in [0.25, 0.3) is 5.78 Å². The van der Waals surface area contributed by atoms with E-state index in [1.54, 1.807) is 13.0 Å². The molecular weight excluding hydrogens is 216 g/mol. The highest BCUT2D eigenvalue weighted by Crippen LogP contribution is 2.12. The summed E-state index contributed by atoms with van der Waals surface area (Å²) in [5, 5.41) is 0. The molecule has 0 heterocycles. The highest BCUT2D eigenvalue weighted by atomic mass is 16.5. The van der Waals surface area contributed by atoms with Gasteiger partial charge in [0.15, 0.2) is 0 Å². The Bertz CT molecular complexity index is 459. The van der Waals surface area contributed by atoms with Crippen LogP contribution in [0, 0.1) is 13.8 Å². The number of carbonyl (C=O) groups excluding carboxylic acids is 2. The van der Waals surface area contributed by atoms with E-state index in [9.17, 15) is 9.59 Å². The van der Waals surface area contributed by atoms with Gasteiger partial charge < -0.3 is 4.74 Å². The van der Waals surface area contributed by atoms with Crippen LogP contribution in [0.3, 0.4) is 0 Å². The average molecular weight is 232 g/mol. The van der Waals surface area contributed by atoms with Gasteiger partial charge in [0.1, 0.15) is 0 Å². The molecule has 1 aromatic rings. The Morgan fingerprint density at radius 2 is 2.00 bits per heavy atom. The van der Waals surface area contributed by atoms with Gasteiger partial charge in [-0.05, 0) is 38.0 Å². The summed E-state index contributed by atoms with van der Waals surface area (Å²) < 4.78 is 4.60. The van der Waals surface area contributed by atoms with Crippen molar-refractivity contribution in [1.82, 2.24) is 0 Å². The van der Waals surface area contributed by atoms with Crippen LogP contribution in [0.4, 0.5) is 0 Å². The van der Waals surface area contributed by atoms with Crippen molar-refractivity contribution < 1.29 is 14.3 Å². The van der Waals surface area contributed by atoms with Crippen molar-refractivity contribution >= 4 is 17.8 Å². The van der Waals surface area contributed by atoms with Crippen LogP contribution in [-0.4, -0.2) is 18.4 Å². The summed E-state index contributed by atoms with van der Waals surface area (Å²) in [5.41, 5.74) is 3.16. The molecule has 0 aliphatic heterocycles. The van der Waals surface area contributed by atoms with Crippen molar-refractivity contribution in [3.8, 4) is 0 Å².